The summed E-state index contributed by atoms with van der Waals surface area (Å²) >= 11 is 3.42. The molecule has 1 aliphatic rings. The summed E-state index contributed by atoms with van der Waals surface area (Å²) in [6, 6.07) is 9.54. The van der Waals surface area contributed by atoms with Crippen LogP contribution in [0.4, 0.5) is 5.95 Å². The van der Waals surface area contributed by atoms with Gasteiger partial charge in [0.2, 0.25) is 5.95 Å². The molecule has 0 saturated heterocycles. The number of aromatic nitrogens is 2. The molecule has 1 heterocycles. The van der Waals surface area contributed by atoms with Crippen molar-refractivity contribution in [1.29, 1.82) is 5.41 Å². The number of nitrogens with two attached hydrogens (primary N) is 1. The molecule has 0 radical (unpaired) electrons. The molecule has 2 aromatic rings. The summed E-state index contributed by atoms with van der Waals surface area (Å²) in [4.78, 5) is 8.14. The number of nitrogens with one attached hydrogen (secondary N) is 1. The van der Waals surface area contributed by atoms with Crippen molar-refractivity contribution in [2.24, 2.45) is 0 Å². The summed E-state index contributed by atoms with van der Waals surface area (Å²) in [6.07, 6.45) is 7.05. The van der Waals surface area contributed by atoms with Gasteiger partial charge in [-0.1, -0.05) is 34.1 Å². The number of allylic oxidation sites excluding steroid dienone is 5. The highest BCUT2D eigenvalue weighted by atomic mass is 79.9. The minimum atomic E-state index is 0.216. The molecule has 3 N–H and O–H groups in total. The zero-order chi connectivity index (χ0) is 17.1. The van der Waals surface area contributed by atoms with Crippen molar-refractivity contribution < 1.29 is 4.74 Å². The second kappa shape index (κ2) is 6.80. The highest BCUT2D eigenvalue weighted by Crippen LogP contribution is 2.29. The monoisotopic (exact) mass is 382 g/mol. The summed E-state index contributed by atoms with van der Waals surface area (Å²) in [5, 5.41) is 8.23. The minimum absolute atomic E-state index is 0.216. The van der Waals surface area contributed by atoms with Gasteiger partial charge < -0.3 is 15.9 Å². The first-order valence-electron chi connectivity index (χ1n) is 7.20. The largest absolute Gasteiger partial charge is 0.495 e. The highest BCUT2D eigenvalue weighted by molar-refractivity contribution is 9.10. The molecule has 0 fully saturated rings. The summed E-state index contributed by atoms with van der Waals surface area (Å²) in [5.41, 5.74) is 9.18. The summed E-state index contributed by atoms with van der Waals surface area (Å²) in [6.45, 7) is 0. The number of hydrogen-bond acceptors (Lipinski definition) is 5. The molecule has 3 rings (SSSR count). The third-order valence-corrected chi connectivity index (χ3v) is 4.07. The van der Waals surface area contributed by atoms with Gasteiger partial charge in [-0.2, -0.15) is 0 Å². The fourth-order valence-corrected chi connectivity index (χ4v) is 2.67. The maximum atomic E-state index is 8.23. The van der Waals surface area contributed by atoms with Crippen molar-refractivity contribution in [3.8, 4) is 0 Å². The van der Waals surface area contributed by atoms with Crippen molar-refractivity contribution in [2.45, 2.75) is 0 Å². The molecule has 6 heteroatoms. The van der Waals surface area contributed by atoms with Crippen LogP contribution in [0.15, 0.2) is 64.8 Å². The van der Waals surface area contributed by atoms with Gasteiger partial charge in [0.1, 0.15) is 5.76 Å². The molecule has 0 saturated carbocycles. The molecule has 0 bridgehead atoms. The van der Waals surface area contributed by atoms with E-state index in [0.29, 0.717) is 22.7 Å². The number of benzene rings is 1. The van der Waals surface area contributed by atoms with E-state index in [1.165, 1.54) is 0 Å². The molecule has 0 spiro atoms. The van der Waals surface area contributed by atoms with Crippen molar-refractivity contribution in [2.75, 3.05) is 12.8 Å². The van der Waals surface area contributed by atoms with Crippen molar-refractivity contribution in [1.82, 2.24) is 9.97 Å². The molecule has 0 amide bonds. The van der Waals surface area contributed by atoms with E-state index < -0.39 is 0 Å². The van der Waals surface area contributed by atoms with E-state index in [4.69, 9.17) is 15.9 Å². The van der Waals surface area contributed by atoms with Gasteiger partial charge in [0.05, 0.1) is 18.5 Å². The summed E-state index contributed by atoms with van der Waals surface area (Å²) in [7, 11) is 1.60. The average molecular weight is 383 g/mol. The van der Waals surface area contributed by atoms with Crippen LogP contribution in [0.3, 0.4) is 0 Å². The van der Waals surface area contributed by atoms with E-state index in [1.807, 2.05) is 36.4 Å². The Hall–Kier alpha value is -2.73. The quantitative estimate of drug-likeness (QED) is 0.789. The van der Waals surface area contributed by atoms with Crippen LogP contribution in [0.2, 0.25) is 0 Å². The van der Waals surface area contributed by atoms with Crippen molar-refractivity contribution >= 4 is 38.9 Å². The van der Waals surface area contributed by atoms with Crippen LogP contribution in [0.25, 0.3) is 11.3 Å². The number of nitrogens with zero attached hydrogens (tertiary/aromatic N) is 2. The third-order valence-electron chi connectivity index (χ3n) is 3.54. The number of rotatable bonds is 3. The Morgan fingerprint density at radius 2 is 1.92 bits per heavy atom. The van der Waals surface area contributed by atoms with E-state index in [9.17, 15) is 0 Å². The standard InChI is InChI=1S/C18H15BrN4O/c1-24-17(11-2-5-13(19)6-3-11)14-10-12(4-7-15(14)20)16-8-9-22-18(21)23-16/h2-10,20H,1H3,(H2,21,22,23)/b17-14-,20-15?. The number of nitrogen functional groups attached to an aromatic ring is 1. The smallest absolute Gasteiger partial charge is 0.220 e. The molecule has 0 atom stereocenters. The number of halogens is 1. The third kappa shape index (κ3) is 3.28. The van der Waals surface area contributed by atoms with Gasteiger partial charge in [-0.3, -0.25) is 0 Å². The van der Waals surface area contributed by atoms with Gasteiger partial charge in [-0.05, 0) is 30.4 Å². The predicted octanol–water partition coefficient (Wildman–Crippen LogP) is 3.85. The Labute approximate surface area is 148 Å². The van der Waals surface area contributed by atoms with Gasteiger partial charge >= 0.3 is 0 Å². The van der Waals surface area contributed by atoms with Crippen LogP contribution >= 0.6 is 15.9 Å². The zero-order valence-electron chi connectivity index (χ0n) is 13.0. The first-order valence-corrected chi connectivity index (χ1v) is 7.99. The SMILES string of the molecule is CO/C(=C1/C=C(c2ccnc(N)n2)C=CC1=N)c1ccc(Br)cc1. The van der Waals surface area contributed by atoms with Crippen LogP contribution < -0.4 is 5.73 Å². The molecule has 1 aliphatic carbocycles. The van der Waals surface area contributed by atoms with Gasteiger partial charge in [0.25, 0.3) is 0 Å². The average Bonchev–Trinajstić information content (AvgIpc) is 2.59. The molecule has 5 nitrogen and oxygen atoms in total. The maximum Gasteiger partial charge on any atom is 0.220 e. The van der Waals surface area contributed by atoms with Crippen LogP contribution in [-0.4, -0.2) is 22.8 Å². The van der Waals surface area contributed by atoms with Crippen molar-refractivity contribution in [3.05, 3.63) is 76.1 Å². The van der Waals surface area contributed by atoms with Crippen LogP contribution in [0.1, 0.15) is 11.3 Å². The van der Waals surface area contributed by atoms with E-state index in [0.717, 1.165) is 15.6 Å². The van der Waals surface area contributed by atoms with E-state index in [2.05, 4.69) is 25.9 Å². The fraction of sp³-hybridized carbons (Fsp3) is 0.0556. The maximum absolute atomic E-state index is 8.23. The molecular formula is C18H15BrN4O. The second-order valence-corrected chi connectivity index (χ2v) is 6.02. The van der Waals surface area contributed by atoms with Gasteiger partial charge in [-0.15, -0.1) is 0 Å². The number of ether oxygens (including phenoxy) is 1. The first kappa shape index (κ1) is 16.1. The molecular weight excluding hydrogens is 368 g/mol. The Kier molecular flexibility index (Phi) is 4.57. The summed E-state index contributed by atoms with van der Waals surface area (Å²) in [5.74, 6) is 0.851. The van der Waals surface area contributed by atoms with E-state index >= 15 is 0 Å². The number of hydrogen-bond donors (Lipinski definition) is 2. The first-order chi connectivity index (χ1) is 11.6. The second-order valence-electron chi connectivity index (χ2n) is 5.10. The van der Waals surface area contributed by atoms with E-state index in [-0.39, 0.29) is 5.95 Å². The molecule has 120 valence electrons. The Balaban J connectivity index is 2.11. The minimum Gasteiger partial charge on any atom is -0.495 e. The Morgan fingerprint density at radius 3 is 2.58 bits per heavy atom. The lowest BCUT2D eigenvalue weighted by Crippen LogP contribution is -2.07. The van der Waals surface area contributed by atoms with Gasteiger partial charge in [0, 0.05) is 27.4 Å². The molecule has 1 aromatic heterocycles. The lowest BCUT2D eigenvalue weighted by Gasteiger charge is -2.16. The van der Waals surface area contributed by atoms with E-state index in [1.54, 1.807) is 25.4 Å². The Bertz CT molecular complexity index is 882. The highest BCUT2D eigenvalue weighted by Gasteiger charge is 2.16. The molecule has 24 heavy (non-hydrogen) atoms. The molecule has 1 aromatic carbocycles. The molecule has 0 unspecified atom stereocenters. The van der Waals surface area contributed by atoms with Gasteiger partial charge in [0.15, 0.2) is 0 Å². The topological polar surface area (TPSA) is 84.9 Å². The van der Waals surface area contributed by atoms with Crippen LogP contribution in [0, 0.1) is 5.41 Å². The van der Waals surface area contributed by atoms with Crippen LogP contribution in [0.5, 0.6) is 0 Å². The predicted molar refractivity (Wildman–Crippen MR) is 99.4 cm³/mol. The molecule has 0 aliphatic heterocycles. The van der Waals surface area contributed by atoms with Gasteiger partial charge in [-0.25, -0.2) is 9.97 Å². The Morgan fingerprint density at radius 1 is 1.17 bits per heavy atom. The zero-order valence-corrected chi connectivity index (χ0v) is 14.5. The normalized spacial score (nSPS) is 15.9. The summed E-state index contributed by atoms with van der Waals surface area (Å²) < 4.78 is 6.57. The number of anilines is 1. The van der Waals surface area contributed by atoms with Crippen LogP contribution in [-0.2, 0) is 4.74 Å². The fourth-order valence-electron chi connectivity index (χ4n) is 2.41. The number of methoxy groups -OCH3 is 1. The van der Waals surface area contributed by atoms with Crippen molar-refractivity contribution in [3.63, 3.8) is 0 Å². The lowest BCUT2D eigenvalue weighted by atomic mass is 9.95. The lowest BCUT2D eigenvalue weighted by molar-refractivity contribution is 0.369.